The van der Waals surface area contributed by atoms with Crippen LogP contribution in [0.15, 0.2) is 47.4 Å². The van der Waals surface area contributed by atoms with Gasteiger partial charge in [0.25, 0.3) is 10.1 Å². The van der Waals surface area contributed by atoms with E-state index in [2.05, 4.69) is 6.92 Å². The minimum Gasteiger partial charge on any atom is -0.508 e. The number of rotatable bonds is 13. The maximum atomic E-state index is 11.7. The van der Waals surface area contributed by atoms with Gasteiger partial charge >= 0.3 is 0 Å². The highest BCUT2D eigenvalue weighted by Gasteiger charge is 2.21. The summed E-state index contributed by atoms with van der Waals surface area (Å²) in [7, 11) is -4.52. The first-order valence-corrected chi connectivity index (χ1v) is 11.9. The number of ether oxygens (including phenoxy) is 1. The van der Waals surface area contributed by atoms with Crippen molar-refractivity contribution in [2.24, 2.45) is 0 Å². The average Bonchev–Trinajstić information content (AvgIpc) is 2.68. The molecule has 0 fully saturated rings. The molecule has 0 aliphatic heterocycles. The molecule has 0 saturated carbocycles. The van der Waals surface area contributed by atoms with Gasteiger partial charge in [0.05, 0.1) is 0 Å². The Labute approximate surface area is 174 Å². The molecule has 0 radical (unpaired) electrons. The molecule has 2 N–H and O–H groups in total. The Morgan fingerprint density at radius 1 is 0.862 bits per heavy atom. The van der Waals surface area contributed by atoms with Crippen LogP contribution >= 0.6 is 0 Å². The molecule has 160 valence electrons. The second kappa shape index (κ2) is 11.8. The summed E-state index contributed by atoms with van der Waals surface area (Å²) in [6.07, 6.45) is 11.4. The van der Waals surface area contributed by atoms with Crippen molar-refractivity contribution in [3.8, 4) is 17.2 Å². The maximum absolute atomic E-state index is 11.7. The van der Waals surface area contributed by atoms with Crippen molar-refractivity contribution in [1.82, 2.24) is 0 Å². The average molecular weight is 421 g/mol. The van der Waals surface area contributed by atoms with E-state index in [0.29, 0.717) is 17.7 Å². The molecule has 6 heteroatoms. The molecule has 2 rings (SSSR count). The second-order valence-electron chi connectivity index (χ2n) is 7.40. The molecule has 2 aromatic rings. The summed E-state index contributed by atoms with van der Waals surface area (Å²) < 4.78 is 38.6. The Balaban J connectivity index is 1.97. The Hall–Kier alpha value is -2.05. The fraction of sp³-hybridized carbons (Fsp3) is 0.478. The molecule has 0 saturated heterocycles. The molecular formula is C23H32O5S. The zero-order chi connectivity index (χ0) is 21.1. The van der Waals surface area contributed by atoms with Gasteiger partial charge in [-0.05, 0) is 36.6 Å². The third-order valence-electron chi connectivity index (χ3n) is 4.94. The molecule has 5 nitrogen and oxygen atoms in total. The van der Waals surface area contributed by atoms with Gasteiger partial charge in [0.2, 0.25) is 0 Å². The molecule has 0 spiro atoms. The van der Waals surface area contributed by atoms with Gasteiger partial charge in [0.1, 0.15) is 22.1 Å². The van der Waals surface area contributed by atoms with Gasteiger partial charge in [0, 0.05) is 6.07 Å². The Kier molecular flexibility index (Phi) is 9.48. The molecule has 0 bridgehead atoms. The minimum absolute atomic E-state index is 0.0161. The lowest BCUT2D eigenvalue weighted by Gasteiger charge is -2.13. The van der Waals surface area contributed by atoms with Gasteiger partial charge < -0.3 is 9.84 Å². The molecule has 0 atom stereocenters. The lowest BCUT2D eigenvalue weighted by Crippen LogP contribution is -2.02. The van der Waals surface area contributed by atoms with Crippen LogP contribution in [-0.4, -0.2) is 18.1 Å². The zero-order valence-corrected chi connectivity index (χ0v) is 18.0. The summed E-state index contributed by atoms with van der Waals surface area (Å²) in [6, 6.07) is 11.3. The number of aryl methyl sites for hydroxylation is 1. The van der Waals surface area contributed by atoms with E-state index in [9.17, 15) is 18.1 Å². The standard InChI is InChI=1S/C23H32O5S/c1-2-3-4-5-6-7-8-9-11-14-19-17-22(28-20-15-12-10-13-16-20)23(18-21(19)24)29(25,26)27/h10,12-13,15-18,24H,2-9,11,14H2,1H3,(H,25,26,27). The third kappa shape index (κ3) is 8.07. The number of hydrogen-bond acceptors (Lipinski definition) is 4. The number of unbranched alkanes of at least 4 members (excludes halogenated alkanes) is 8. The molecule has 0 amide bonds. The highest BCUT2D eigenvalue weighted by Crippen LogP contribution is 2.35. The number of hydrogen-bond donors (Lipinski definition) is 2. The predicted molar refractivity (Wildman–Crippen MR) is 115 cm³/mol. The van der Waals surface area contributed by atoms with Crippen LogP contribution in [0, 0.1) is 0 Å². The van der Waals surface area contributed by atoms with E-state index in [-0.39, 0.29) is 11.5 Å². The first kappa shape index (κ1) is 23.2. The first-order chi connectivity index (χ1) is 13.9. The lowest BCUT2D eigenvalue weighted by atomic mass is 10.0. The number of para-hydroxylation sites is 1. The molecule has 0 aromatic heterocycles. The molecule has 2 aromatic carbocycles. The van der Waals surface area contributed by atoms with Gasteiger partial charge in [-0.2, -0.15) is 8.42 Å². The Morgan fingerprint density at radius 3 is 2.03 bits per heavy atom. The summed E-state index contributed by atoms with van der Waals surface area (Å²) in [5.41, 5.74) is 0.617. The van der Waals surface area contributed by atoms with Gasteiger partial charge in [-0.1, -0.05) is 76.5 Å². The molecule has 0 aliphatic rings. The van der Waals surface area contributed by atoms with Crippen LogP contribution in [0.5, 0.6) is 17.2 Å². The Bertz CT molecular complexity index is 847. The number of aromatic hydroxyl groups is 1. The second-order valence-corrected chi connectivity index (χ2v) is 8.79. The molecule has 29 heavy (non-hydrogen) atoms. The van der Waals surface area contributed by atoms with Crippen molar-refractivity contribution in [3.05, 3.63) is 48.0 Å². The monoisotopic (exact) mass is 420 g/mol. The van der Waals surface area contributed by atoms with E-state index in [1.165, 1.54) is 44.6 Å². The van der Waals surface area contributed by atoms with Crippen molar-refractivity contribution in [2.45, 2.75) is 76.0 Å². The summed E-state index contributed by atoms with van der Waals surface area (Å²) in [4.78, 5) is -0.435. The largest absolute Gasteiger partial charge is 0.508 e. The third-order valence-corrected chi connectivity index (χ3v) is 5.82. The van der Waals surface area contributed by atoms with Gasteiger partial charge in [-0.15, -0.1) is 0 Å². The molecule has 0 unspecified atom stereocenters. The predicted octanol–water partition coefficient (Wildman–Crippen LogP) is 6.50. The van der Waals surface area contributed by atoms with Crippen LogP contribution in [0.4, 0.5) is 0 Å². The number of phenolic OH excluding ortho intramolecular Hbond substituents is 1. The van der Waals surface area contributed by atoms with E-state index in [1.54, 1.807) is 24.3 Å². The van der Waals surface area contributed by atoms with E-state index >= 15 is 0 Å². The number of phenols is 1. The highest BCUT2D eigenvalue weighted by molar-refractivity contribution is 7.86. The van der Waals surface area contributed by atoms with E-state index in [4.69, 9.17) is 4.74 Å². The summed E-state index contributed by atoms with van der Waals surface area (Å²) in [6.45, 7) is 2.22. The smallest absolute Gasteiger partial charge is 0.298 e. The Morgan fingerprint density at radius 2 is 1.45 bits per heavy atom. The van der Waals surface area contributed by atoms with Crippen molar-refractivity contribution >= 4 is 10.1 Å². The van der Waals surface area contributed by atoms with Gasteiger partial charge in [0.15, 0.2) is 0 Å². The van der Waals surface area contributed by atoms with Crippen molar-refractivity contribution < 1.29 is 22.8 Å². The number of benzene rings is 2. The van der Waals surface area contributed by atoms with Crippen molar-refractivity contribution in [3.63, 3.8) is 0 Å². The fourth-order valence-corrected chi connectivity index (χ4v) is 3.93. The molecule has 0 heterocycles. The van der Waals surface area contributed by atoms with Crippen molar-refractivity contribution in [2.75, 3.05) is 0 Å². The van der Waals surface area contributed by atoms with Gasteiger partial charge in [-0.3, -0.25) is 4.55 Å². The van der Waals surface area contributed by atoms with Crippen LogP contribution in [0.2, 0.25) is 0 Å². The summed E-state index contributed by atoms with van der Waals surface area (Å²) in [5, 5.41) is 10.2. The van der Waals surface area contributed by atoms with Crippen LogP contribution in [0.3, 0.4) is 0 Å². The zero-order valence-electron chi connectivity index (χ0n) is 17.1. The van der Waals surface area contributed by atoms with E-state index in [1.807, 2.05) is 6.07 Å². The quantitative estimate of drug-likeness (QED) is 0.285. The summed E-state index contributed by atoms with van der Waals surface area (Å²) in [5.74, 6) is 0.331. The summed E-state index contributed by atoms with van der Waals surface area (Å²) >= 11 is 0. The molecular weight excluding hydrogens is 388 g/mol. The SMILES string of the molecule is CCCCCCCCCCCc1cc(Oc2ccccc2)c(S(=O)(=O)O)cc1O. The van der Waals surface area contributed by atoms with E-state index in [0.717, 1.165) is 25.3 Å². The topological polar surface area (TPSA) is 83.8 Å². The van der Waals surface area contributed by atoms with Gasteiger partial charge in [-0.25, -0.2) is 0 Å². The normalized spacial score (nSPS) is 11.5. The van der Waals surface area contributed by atoms with Crippen LogP contribution < -0.4 is 4.74 Å². The lowest BCUT2D eigenvalue weighted by molar-refractivity contribution is 0.434. The highest BCUT2D eigenvalue weighted by atomic mass is 32.2. The van der Waals surface area contributed by atoms with Crippen molar-refractivity contribution in [1.29, 1.82) is 0 Å². The first-order valence-electron chi connectivity index (χ1n) is 10.5. The van der Waals surface area contributed by atoms with Crippen LogP contribution in [0.1, 0.15) is 70.3 Å². The molecule has 0 aliphatic carbocycles. The fourth-order valence-electron chi connectivity index (χ4n) is 3.31. The van der Waals surface area contributed by atoms with Crippen LogP contribution in [-0.2, 0) is 16.5 Å². The van der Waals surface area contributed by atoms with Crippen LogP contribution in [0.25, 0.3) is 0 Å². The minimum atomic E-state index is -4.52. The van der Waals surface area contributed by atoms with E-state index < -0.39 is 15.0 Å². The maximum Gasteiger partial charge on any atom is 0.298 e.